The maximum absolute atomic E-state index is 12.4. The molecule has 0 saturated carbocycles. The second-order valence-electron chi connectivity index (χ2n) is 4.73. The molecule has 1 unspecified atom stereocenters. The Labute approximate surface area is 117 Å². The molecule has 0 saturated heterocycles. The largest absolute Gasteiger partial charge is 0.478 e. The van der Waals surface area contributed by atoms with Gasteiger partial charge in [0.25, 0.3) is 0 Å². The number of hydrogen-bond acceptors (Lipinski definition) is 3. The van der Waals surface area contributed by atoms with Crippen molar-refractivity contribution in [2.24, 2.45) is 0 Å². The lowest BCUT2D eigenvalue weighted by molar-refractivity contribution is -0.144. The van der Waals surface area contributed by atoms with Crippen LogP contribution in [0.4, 0.5) is 10.5 Å². The first kappa shape index (κ1) is 14.2. The number of urea groups is 1. The van der Waals surface area contributed by atoms with E-state index in [-0.39, 0.29) is 12.6 Å². The van der Waals surface area contributed by atoms with Crippen molar-refractivity contribution in [3.8, 4) is 5.75 Å². The number of hydrogen-bond donors (Lipinski definition) is 1. The minimum atomic E-state index is -1.07. The first-order chi connectivity index (χ1) is 9.54. The fourth-order valence-electron chi connectivity index (χ4n) is 2.18. The molecule has 2 amide bonds. The van der Waals surface area contributed by atoms with Gasteiger partial charge in [0.15, 0.2) is 0 Å². The van der Waals surface area contributed by atoms with Gasteiger partial charge in [-0.05, 0) is 18.6 Å². The second kappa shape index (κ2) is 5.81. The van der Waals surface area contributed by atoms with E-state index >= 15 is 0 Å². The summed E-state index contributed by atoms with van der Waals surface area (Å²) in [6.07, 6.45) is -0.194. The lowest BCUT2D eigenvalue weighted by Gasteiger charge is -2.35. The number of carbonyl (C=O) groups is 2. The van der Waals surface area contributed by atoms with Crippen LogP contribution in [-0.2, 0) is 4.79 Å². The first-order valence-corrected chi connectivity index (χ1v) is 6.55. The third kappa shape index (κ3) is 2.68. The molecule has 0 aromatic heterocycles. The number of ether oxygens (including phenoxy) is 1. The lowest BCUT2D eigenvalue weighted by atomic mass is 10.2. The highest BCUT2D eigenvalue weighted by atomic mass is 16.5. The van der Waals surface area contributed by atoms with Crippen LogP contribution in [0.1, 0.15) is 13.3 Å². The number of carboxylic acid groups (broad SMARTS) is 1. The van der Waals surface area contributed by atoms with Crippen molar-refractivity contribution in [2.45, 2.75) is 19.4 Å². The summed E-state index contributed by atoms with van der Waals surface area (Å²) in [7, 11) is 1.71. The number of carboxylic acids is 1. The Hall–Kier alpha value is -2.24. The number of aliphatic carboxylic acids is 1. The van der Waals surface area contributed by atoms with Crippen LogP contribution in [0.2, 0.25) is 0 Å². The van der Waals surface area contributed by atoms with Gasteiger partial charge in [-0.25, -0.2) is 9.59 Å². The number of anilines is 1. The molecule has 1 heterocycles. The topological polar surface area (TPSA) is 70.1 Å². The maximum Gasteiger partial charge on any atom is 0.346 e. The van der Waals surface area contributed by atoms with E-state index < -0.39 is 12.1 Å². The van der Waals surface area contributed by atoms with Gasteiger partial charge in [0, 0.05) is 13.6 Å². The molecule has 0 radical (unpaired) electrons. The summed E-state index contributed by atoms with van der Waals surface area (Å²) in [5, 5.41) is 9.13. The van der Waals surface area contributed by atoms with Crippen molar-refractivity contribution in [2.75, 3.05) is 25.0 Å². The van der Waals surface area contributed by atoms with E-state index in [0.29, 0.717) is 18.0 Å². The van der Waals surface area contributed by atoms with Gasteiger partial charge in [0.05, 0.1) is 12.2 Å². The van der Waals surface area contributed by atoms with Crippen molar-refractivity contribution in [1.82, 2.24) is 4.90 Å². The lowest BCUT2D eigenvalue weighted by Crippen LogP contribution is -2.51. The number of para-hydroxylation sites is 2. The van der Waals surface area contributed by atoms with Crippen molar-refractivity contribution < 1.29 is 19.4 Å². The number of amides is 2. The molecular weight excluding hydrogens is 260 g/mol. The molecule has 1 aliphatic heterocycles. The fourth-order valence-corrected chi connectivity index (χ4v) is 2.18. The molecule has 1 N–H and O–H groups in total. The molecule has 108 valence electrons. The van der Waals surface area contributed by atoms with E-state index in [1.807, 2.05) is 6.92 Å². The van der Waals surface area contributed by atoms with Crippen LogP contribution >= 0.6 is 0 Å². The zero-order valence-corrected chi connectivity index (χ0v) is 11.6. The van der Waals surface area contributed by atoms with E-state index in [0.717, 1.165) is 6.42 Å². The van der Waals surface area contributed by atoms with Crippen LogP contribution < -0.4 is 9.64 Å². The standard InChI is InChI=1S/C14H18N2O4/c1-3-8-15(2)14(19)16-9-12(13(17)18)20-11-7-5-4-6-10(11)16/h4-7,12H,3,8-9H2,1-2H3,(H,17,18). The molecule has 6 nitrogen and oxygen atoms in total. The Morgan fingerprint density at radius 2 is 2.15 bits per heavy atom. The predicted octanol–water partition coefficient (Wildman–Crippen LogP) is 1.80. The quantitative estimate of drug-likeness (QED) is 0.915. The van der Waals surface area contributed by atoms with E-state index in [9.17, 15) is 9.59 Å². The van der Waals surface area contributed by atoms with Crippen molar-refractivity contribution in [3.63, 3.8) is 0 Å². The fraction of sp³-hybridized carbons (Fsp3) is 0.429. The van der Waals surface area contributed by atoms with Gasteiger partial charge in [0.1, 0.15) is 5.75 Å². The number of fused-ring (bicyclic) bond motifs is 1. The summed E-state index contributed by atoms with van der Waals surface area (Å²) in [4.78, 5) is 26.6. The molecule has 6 heteroatoms. The molecule has 0 bridgehead atoms. The minimum absolute atomic E-state index is 0.0131. The van der Waals surface area contributed by atoms with Gasteiger partial charge in [-0.3, -0.25) is 4.90 Å². The molecule has 1 aromatic rings. The van der Waals surface area contributed by atoms with E-state index in [2.05, 4.69) is 0 Å². The number of carbonyl (C=O) groups excluding carboxylic acids is 1. The predicted molar refractivity (Wildman–Crippen MR) is 74.2 cm³/mol. The van der Waals surface area contributed by atoms with E-state index in [1.165, 1.54) is 4.90 Å². The smallest absolute Gasteiger partial charge is 0.346 e. The zero-order chi connectivity index (χ0) is 14.7. The van der Waals surface area contributed by atoms with Crippen molar-refractivity contribution >= 4 is 17.7 Å². The van der Waals surface area contributed by atoms with Gasteiger partial charge in [-0.1, -0.05) is 19.1 Å². The third-order valence-corrected chi connectivity index (χ3v) is 3.17. The van der Waals surface area contributed by atoms with Crippen LogP contribution in [0.3, 0.4) is 0 Å². The van der Waals surface area contributed by atoms with Crippen molar-refractivity contribution in [1.29, 1.82) is 0 Å². The van der Waals surface area contributed by atoms with Gasteiger partial charge in [-0.2, -0.15) is 0 Å². The van der Waals surface area contributed by atoms with Crippen LogP contribution in [0.5, 0.6) is 5.75 Å². The second-order valence-corrected chi connectivity index (χ2v) is 4.73. The Kier molecular flexibility index (Phi) is 4.12. The maximum atomic E-state index is 12.4. The number of rotatable bonds is 3. The molecule has 1 aromatic carbocycles. The van der Waals surface area contributed by atoms with Crippen molar-refractivity contribution in [3.05, 3.63) is 24.3 Å². The van der Waals surface area contributed by atoms with E-state index in [4.69, 9.17) is 9.84 Å². The van der Waals surface area contributed by atoms with Crippen LogP contribution in [0, 0.1) is 0 Å². The van der Waals surface area contributed by atoms with Gasteiger partial charge in [0.2, 0.25) is 6.10 Å². The van der Waals surface area contributed by atoms with Crippen LogP contribution in [0.15, 0.2) is 24.3 Å². The Bertz CT molecular complexity index is 518. The van der Waals surface area contributed by atoms with Gasteiger partial charge >= 0.3 is 12.0 Å². The molecular formula is C14H18N2O4. The molecule has 2 rings (SSSR count). The SMILES string of the molecule is CCCN(C)C(=O)N1CC(C(=O)O)Oc2ccccc21. The van der Waals surface area contributed by atoms with E-state index in [1.54, 1.807) is 36.2 Å². The third-order valence-electron chi connectivity index (χ3n) is 3.17. The van der Waals surface area contributed by atoms with Gasteiger partial charge in [-0.15, -0.1) is 0 Å². The molecule has 0 aliphatic carbocycles. The molecule has 0 spiro atoms. The summed E-state index contributed by atoms with van der Waals surface area (Å²) in [6, 6.07) is 6.76. The molecule has 1 atom stereocenters. The summed E-state index contributed by atoms with van der Waals surface area (Å²) in [6.45, 7) is 2.62. The summed E-state index contributed by atoms with van der Waals surface area (Å²) < 4.78 is 5.40. The van der Waals surface area contributed by atoms with Crippen LogP contribution in [-0.4, -0.2) is 48.2 Å². The number of nitrogens with zero attached hydrogens (tertiary/aromatic N) is 2. The van der Waals surface area contributed by atoms with Gasteiger partial charge < -0.3 is 14.7 Å². The highest BCUT2D eigenvalue weighted by molar-refractivity contribution is 5.95. The normalized spacial score (nSPS) is 17.1. The number of benzene rings is 1. The summed E-state index contributed by atoms with van der Waals surface area (Å²) in [5.41, 5.74) is 0.609. The Morgan fingerprint density at radius 3 is 2.80 bits per heavy atom. The average molecular weight is 278 g/mol. The summed E-state index contributed by atoms with van der Waals surface area (Å²) >= 11 is 0. The average Bonchev–Trinajstić information content (AvgIpc) is 2.45. The molecule has 20 heavy (non-hydrogen) atoms. The summed E-state index contributed by atoms with van der Waals surface area (Å²) in [5.74, 6) is -0.653. The highest BCUT2D eigenvalue weighted by Crippen LogP contribution is 2.33. The Balaban J connectivity index is 2.31. The molecule has 1 aliphatic rings. The zero-order valence-electron chi connectivity index (χ0n) is 11.6. The minimum Gasteiger partial charge on any atom is -0.478 e. The Morgan fingerprint density at radius 1 is 1.45 bits per heavy atom. The molecule has 0 fully saturated rings. The van der Waals surface area contributed by atoms with Crippen LogP contribution in [0.25, 0.3) is 0 Å². The highest BCUT2D eigenvalue weighted by Gasteiger charge is 2.34. The first-order valence-electron chi connectivity index (χ1n) is 6.55. The monoisotopic (exact) mass is 278 g/mol.